The van der Waals surface area contributed by atoms with E-state index in [0.29, 0.717) is 0 Å². The van der Waals surface area contributed by atoms with E-state index in [1.54, 1.807) is 0 Å². The van der Waals surface area contributed by atoms with E-state index >= 15 is 0 Å². The van der Waals surface area contributed by atoms with E-state index in [1.165, 1.54) is 0 Å². The zero-order chi connectivity index (χ0) is 5.54. The fourth-order valence-corrected chi connectivity index (χ4v) is 0.0730. The Morgan fingerprint density at radius 3 is 3.00 bits per heavy atom. The van der Waals surface area contributed by atoms with Crippen molar-refractivity contribution in [2.75, 3.05) is 6.73 Å². The molecule has 0 rings (SSSR count). The molecule has 0 saturated heterocycles. The molecule has 0 fully saturated rings. The predicted octanol–water partition coefficient (Wildman–Crippen LogP) is 0.675. The first kappa shape index (κ1) is 6.19. The van der Waals surface area contributed by atoms with Crippen molar-refractivity contribution >= 4 is 0 Å². The average Bonchev–Trinajstić information content (AvgIpc) is 1.69. The van der Waals surface area contributed by atoms with Crippen molar-refractivity contribution in [3.63, 3.8) is 0 Å². The number of nitrogens with zero attached hydrogens (tertiary/aromatic N) is 3. The normalized spacial score (nSPS) is 7.57. The molecular formula is CH3N3O3. The Balaban J connectivity index is 2.83. The summed E-state index contributed by atoms with van der Waals surface area (Å²) in [6.45, 7) is -0.326. The third-order valence-electron chi connectivity index (χ3n) is 0.226. The van der Waals surface area contributed by atoms with Gasteiger partial charge in [0.15, 0.2) is 6.73 Å². The zero-order valence-electron chi connectivity index (χ0n) is 3.31. The molecule has 6 heteroatoms. The van der Waals surface area contributed by atoms with Gasteiger partial charge in [0.1, 0.15) is 0 Å². The summed E-state index contributed by atoms with van der Waals surface area (Å²) in [6, 6.07) is 0. The van der Waals surface area contributed by atoms with Crippen LogP contribution in [0.1, 0.15) is 0 Å². The van der Waals surface area contributed by atoms with Gasteiger partial charge in [-0.3, -0.25) is 0 Å². The van der Waals surface area contributed by atoms with Gasteiger partial charge in [-0.05, 0) is 5.53 Å². The molecule has 0 aliphatic carbocycles. The van der Waals surface area contributed by atoms with Crippen molar-refractivity contribution < 1.29 is 15.2 Å². The van der Waals surface area contributed by atoms with Gasteiger partial charge in [-0.1, -0.05) is 10.2 Å². The first-order chi connectivity index (χ1) is 3.41. The Morgan fingerprint density at radius 2 is 2.57 bits per heavy atom. The molecule has 40 valence electrons. The highest BCUT2D eigenvalue weighted by Gasteiger charge is 1.73. The smallest absolute Gasteiger partial charge is 0.164 e. The molecule has 0 aromatic rings. The van der Waals surface area contributed by atoms with Crippen LogP contribution in [-0.4, -0.2) is 12.0 Å². The largest absolute Gasteiger partial charge is 0.221 e. The van der Waals surface area contributed by atoms with Crippen molar-refractivity contribution in [1.29, 1.82) is 0 Å². The predicted molar refractivity (Wildman–Crippen MR) is 18.8 cm³/mol. The second-order valence-corrected chi connectivity index (χ2v) is 0.552. The van der Waals surface area contributed by atoms with Crippen LogP contribution in [0.4, 0.5) is 0 Å². The minimum absolute atomic E-state index is 0.326. The maximum Gasteiger partial charge on any atom is 0.164 e. The van der Waals surface area contributed by atoms with E-state index in [0.717, 1.165) is 0 Å². The number of azide groups is 1. The first-order valence-corrected chi connectivity index (χ1v) is 1.35. The quantitative estimate of drug-likeness (QED) is 0.143. The molecule has 0 atom stereocenters. The lowest BCUT2D eigenvalue weighted by Crippen LogP contribution is -1.86. The lowest BCUT2D eigenvalue weighted by Gasteiger charge is -1.83. The summed E-state index contributed by atoms with van der Waals surface area (Å²) in [4.78, 5) is 5.99. The number of rotatable bonds is 3. The van der Waals surface area contributed by atoms with Crippen LogP contribution in [0.25, 0.3) is 10.4 Å². The summed E-state index contributed by atoms with van der Waals surface area (Å²) in [5.41, 5.74) is 7.53. The van der Waals surface area contributed by atoms with Gasteiger partial charge in [-0.15, -0.1) is 0 Å². The molecule has 1 N–H and O–H groups in total. The third-order valence-corrected chi connectivity index (χ3v) is 0.226. The first-order valence-electron chi connectivity index (χ1n) is 1.35. The van der Waals surface area contributed by atoms with E-state index in [9.17, 15) is 0 Å². The third kappa shape index (κ3) is 5.19. The van der Waals surface area contributed by atoms with Crippen LogP contribution in [0.3, 0.4) is 0 Å². The van der Waals surface area contributed by atoms with Crippen LogP contribution in [0.15, 0.2) is 5.11 Å². The average molecular weight is 105 g/mol. The molecule has 0 amide bonds. The van der Waals surface area contributed by atoms with Gasteiger partial charge >= 0.3 is 0 Å². The summed E-state index contributed by atoms with van der Waals surface area (Å²) in [5.74, 6) is 0. The van der Waals surface area contributed by atoms with E-state index in [-0.39, 0.29) is 6.73 Å². The highest BCUT2D eigenvalue weighted by atomic mass is 17.5. The van der Waals surface area contributed by atoms with Crippen LogP contribution < -0.4 is 0 Å². The minimum Gasteiger partial charge on any atom is -0.221 e. The molecule has 0 radical (unpaired) electrons. The fraction of sp³-hybridized carbons (Fsp3) is 1.00. The zero-order valence-corrected chi connectivity index (χ0v) is 3.31. The second kappa shape index (κ2) is 5.19. The number of hydrogen-bond acceptors (Lipinski definition) is 4. The standard InChI is InChI=1S/CH3N3O3/c2-4-3-1-6-7-5/h5H,1H2. The van der Waals surface area contributed by atoms with Crippen LogP contribution in [-0.2, 0) is 9.93 Å². The van der Waals surface area contributed by atoms with Crippen LogP contribution in [0.2, 0.25) is 0 Å². The maximum absolute atomic E-state index is 7.53. The number of hydrogen-bond donors (Lipinski definition) is 1. The van der Waals surface area contributed by atoms with Crippen molar-refractivity contribution in [2.24, 2.45) is 5.11 Å². The minimum atomic E-state index is -0.326. The lowest BCUT2D eigenvalue weighted by atomic mass is 11.4. The molecule has 0 saturated carbocycles. The molecule has 0 aliphatic rings. The molecule has 0 heterocycles. The highest BCUT2D eigenvalue weighted by Crippen LogP contribution is 1.72. The Labute approximate surface area is 38.8 Å². The SMILES string of the molecule is [N-]=[N+]=NCOOO. The second-order valence-electron chi connectivity index (χ2n) is 0.552. The van der Waals surface area contributed by atoms with Crippen molar-refractivity contribution in [3.8, 4) is 0 Å². The van der Waals surface area contributed by atoms with Crippen molar-refractivity contribution in [1.82, 2.24) is 0 Å². The summed E-state index contributed by atoms with van der Waals surface area (Å²) in [7, 11) is 0. The van der Waals surface area contributed by atoms with Crippen LogP contribution >= 0.6 is 0 Å². The van der Waals surface area contributed by atoms with Gasteiger partial charge in [-0.2, -0.15) is 0 Å². The van der Waals surface area contributed by atoms with Gasteiger partial charge < -0.3 is 0 Å². The highest BCUT2D eigenvalue weighted by molar-refractivity contribution is 4.33. The summed E-state index contributed by atoms with van der Waals surface area (Å²) in [6.07, 6.45) is 0. The monoisotopic (exact) mass is 105 g/mol. The Morgan fingerprint density at radius 1 is 1.86 bits per heavy atom. The molecule has 0 aromatic carbocycles. The summed E-state index contributed by atoms with van der Waals surface area (Å²) < 4.78 is 0. The van der Waals surface area contributed by atoms with Gasteiger partial charge in [0.05, 0.1) is 0 Å². The maximum atomic E-state index is 7.53. The molecule has 0 aliphatic heterocycles. The summed E-state index contributed by atoms with van der Waals surface area (Å²) in [5, 5.41) is 13.3. The molecule has 7 heavy (non-hydrogen) atoms. The van der Waals surface area contributed by atoms with E-state index < -0.39 is 0 Å². The van der Waals surface area contributed by atoms with Gasteiger partial charge in [-0.25, -0.2) is 10.1 Å². The Kier molecular flexibility index (Phi) is 4.59. The lowest BCUT2D eigenvalue weighted by molar-refractivity contribution is -0.490. The Hall–Kier alpha value is -0.810. The van der Waals surface area contributed by atoms with Gasteiger partial charge in [0, 0.05) is 4.91 Å². The van der Waals surface area contributed by atoms with Gasteiger partial charge in [0.25, 0.3) is 0 Å². The van der Waals surface area contributed by atoms with Crippen LogP contribution in [0.5, 0.6) is 0 Å². The molecule has 0 aromatic heterocycles. The Bertz CT molecular complexity index is 76.2. The van der Waals surface area contributed by atoms with Crippen molar-refractivity contribution in [3.05, 3.63) is 10.4 Å². The van der Waals surface area contributed by atoms with E-state index in [2.05, 4.69) is 20.0 Å². The molecule has 0 unspecified atom stereocenters. The molecular weight excluding hydrogens is 102 g/mol. The van der Waals surface area contributed by atoms with Crippen molar-refractivity contribution in [2.45, 2.75) is 0 Å². The topological polar surface area (TPSA) is 87.5 Å². The molecule has 6 nitrogen and oxygen atoms in total. The van der Waals surface area contributed by atoms with E-state index in [4.69, 9.17) is 10.8 Å². The van der Waals surface area contributed by atoms with Gasteiger partial charge in [0.2, 0.25) is 0 Å². The fourth-order valence-electron chi connectivity index (χ4n) is 0.0730. The molecule has 0 bridgehead atoms. The van der Waals surface area contributed by atoms with Crippen LogP contribution in [0, 0.1) is 0 Å². The van der Waals surface area contributed by atoms with E-state index in [1.807, 2.05) is 0 Å². The molecule has 0 spiro atoms. The summed E-state index contributed by atoms with van der Waals surface area (Å²) >= 11 is 0.